The molecule has 0 saturated carbocycles. The standard InChI is InChI=1S/C17H15ClN4O2/c18-14-7-11(16-10-20-5-6-24-16)2-4-15(14)22-17(23)12-1-3-13(8-19)21-9-12/h1-4,7,9,16,20H,5-6,10H2,(H,22,23). The average Bonchev–Trinajstić information content (AvgIpc) is 2.64. The second-order valence-corrected chi connectivity index (χ2v) is 5.71. The molecule has 7 heteroatoms. The van der Waals surface area contributed by atoms with Crippen LogP contribution in [0.2, 0.25) is 5.02 Å². The number of amides is 1. The van der Waals surface area contributed by atoms with E-state index in [2.05, 4.69) is 15.6 Å². The maximum atomic E-state index is 12.2. The number of ether oxygens (including phenoxy) is 1. The van der Waals surface area contributed by atoms with Gasteiger partial charge >= 0.3 is 0 Å². The third kappa shape index (κ3) is 3.71. The second kappa shape index (κ2) is 7.41. The minimum Gasteiger partial charge on any atom is -0.371 e. The van der Waals surface area contributed by atoms with Crippen molar-refractivity contribution in [2.24, 2.45) is 0 Å². The number of nitrogens with one attached hydrogen (secondary N) is 2. The Balaban J connectivity index is 1.72. The lowest BCUT2D eigenvalue weighted by Gasteiger charge is -2.24. The predicted octanol–water partition coefficient (Wildman–Crippen LogP) is 2.52. The number of rotatable bonds is 3. The monoisotopic (exact) mass is 342 g/mol. The highest BCUT2D eigenvalue weighted by Crippen LogP contribution is 2.28. The number of pyridine rings is 1. The van der Waals surface area contributed by atoms with Gasteiger partial charge in [0.2, 0.25) is 0 Å². The molecule has 1 aromatic heterocycles. The van der Waals surface area contributed by atoms with Crippen LogP contribution in [-0.2, 0) is 4.74 Å². The molecule has 0 spiro atoms. The van der Waals surface area contributed by atoms with E-state index in [-0.39, 0.29) is 17.7 Å². The molecule has 1 unspecified atom stereocenters. The Morgan fingerprint density at radius 3 is 2.92 bits per heavy atom. The number of hydrogen-bond donors (Lipinski definition) is 2. The van der Waals surface area contributed by atoms with Crippen molar-refractivity contribution in [3.8, 4) is 6.07 Å². The fraction of sp³-hybridized carbons (Fsp3) is 0.235. The van der Waals surface area contributed by atoms with E-state index in [1.165, 1.54) is 12.3 Å². The molecular weight excluding hydrogens is 328 g/mol. The third-order valence-electron chi connectivity index (χ3n) is 3.68. The maximum absolute atomic E-state index is 12.2. The van der Waals surface area contributed by atoms with Crippen LogP contribution in [0.1, 0.15) is 27.7 Å². The average molecular weight is 343 g/mol. The first kappa shape index (κ1) is 16.4. The Morgan fingerprint density at radius 2 is 2.29 bits per heavy atom. The molecule has 122 valence electrons. The largest absolute Gasteiger partial charge is 0.371 e. The molecule has 1 saturated heterocycles. The molecule has 1 aliphatic heterocycles. The minimum atomic E-state index is -0.336. The van der Waals surface area contributed by atoms with Crippen molar-refractivity contribution in [1.82, 2.24) is 10.3 Å². The van der Waals surface area contributed by atoms with E-state index in [0.29, 0.717) is 22.9 Å². The smallest absolute Gasteiger partial charge is 0.257 e. The molecule has 0 aliphatic carbocycles. The molecule has 0 radical (unpaired) electrons. The van der Waals surface area contributed by atoms with E-state index >= 15 is 0 Å². The Labute approximate surface area is 144 Å². The van der Waals surface area contributed by atoms with Crippen LogP contribution in [-0.4, -0.2) is 30.6 Å². The number of carbonyl (C=O) groups excluding carboxylic acids is 1. The molecule has 1 fully saturated rings. The molecule has 1 aromatic carbocycles. The fourth-order valence-corrected chi connectivity index (χ4v) is 2.64. The Bertz CT molecular complexity index is 780. The van der Waals surface area contributed by atoms with Gasteiger partial charge in [0.15, 0.2) is 0 Å². The van der Waals surface area contributed by atoms with Crippen LogP contribution in [0.15, 0.2) is 36.5 Å². The van der Waals surface area contributed by atoms with E-state index in [9.17, 15) is 4.79 Å². The molecule has 0 bridgehead atoms. The van der Waals surface area contributed by atoms with Gasteiger partial charge in [0, 0.05) is 19.3 Å². The van der Waals surface area contributed by atoms with E-state index in [4.69, 9.17) is 21.6 Å². The summed E-state index contributed by atoms with van der Waals surface area (Å²) in [5, 5.41) is 15.2. The Morgan fingerprint density at radius 1 is 1.42 bits per heavy atom. The number of nitrogens with zero attached hydrogens (tertiary/aromatic N) is 2. The summed E-state index contributed by atoms with van der Waals surface area (Å²) in [6.07, 6.45) is 1.32. The number of aromatic nitrogens is 1. The Kier molecular flexibility index (Phi) is 5.06. The van der Waals surface area contributed by atoms with E-state index < -0.39 is 0 Å². The SMILES string of the molecule is N#Cc1ccc(C(=O)Nc2ccc(C3CNCCO3)cc2Cl)cn1. The zero-order valence-corrected chi connectivity index (χ0v) is 13.5. The van der Waals surface area contributed by atoms with Crippen molar-refractivity contribution in [3.05, 3.63) is 58.4 Å². The lowest BCUT2D eigenvalue weighted by molar-refractivity contribution is 0.0277. The lowest BCUT2D eigenvalue weighted by Crippen LogP contribution is -2.33. The molecule has 6 nitrogen and oxygen atoms in total. The van der Waals surface area contributed by atoms with Crippen LogP contribution in [0.4, 0.5) is 5.69 Å². The molecule has 3 rings (SSSR count). The van der Waals surface area contributed by atoms with Crippen molar-refractivity contribution < 1.29 is 9.53 Å². The van der Waals surface area contributed by atoms with Gasteiger partial charge in [-0.05, 0) is 29.8 Å². The first-order valence-corrected chi connectivity index (χ1v) is 7.84. The molecule has 2 heterocycles. The van der Waals surface area contributed by atoms with Crippen molar-refractivity contribution in [2.75, 3.05) is 25.0 Å². The number of morpholine rings is 1. The van der Waals surface area contributed by atoms with Crippen LogP contribution in [0.25, 0.3) is 0 Å². The van der Waals surface area contributed by atoms with Crippen LogP contribution in [0, 0.1) is 11.3 Å². The van der Waals surface area contributed by atoms with Crippen molar-refractivity contribution >= 4 is 23.2 Å². The first-order chi connectivity index (χ1) is 11.7. The van der Waals surface area contributed by atoms with E-state index in [1.54, 1.807) is 18.2 Å². The van der Waals surface area contributed by atoms with Crippen LogP contribution >= 0.6 is 11.6 Å². The lowest BCUT2D eigenvalue weighted by atomic mass is 10.1. The van der Waals surface area contributed by atoms with Gasteiger partial charge in [0.05, 0.1) is 29.0 Å². The summed E-state index contributed by atoms with van der Waals surface area (Å²) >= 11 is 6.28. The maximum Gasteiger partial charge on any atom is 0.257 e. The highest BCUT2D eigenvalue weighted by molar-refractivity contribution is 6.34. The van der Waals surface area contributed by atoms with Crippen LogP contribution in [0.5, 0.6) is 0 Å². The summed E-state index contributed by atoms with van der Waals surface area (Å²) in [5.41, 5.74) is 2.09. The number of benzene rings is 1. The zero-order chi connectivity index (χ0) is 16.9. The van der Waals surface area contributed by atoms with Gasteiger partial charge in [0.1, 0.15) is 11.8 Å². The van der Waals surface area contributed by atoms with Gasteiger partial charge in [-0.15, -0.1) is 0 Å². The second-order valence-electron chi connectivity index (χ2n) is 5.30. The number of hydrogen-bond acceptors (Lipinski definition) is 5. The third-order valence-corrected chi connectivity index (χ3v) is 3.99. The molecule has 1 aliphatic rings. The molecule has 1 amide bonds. The van der Waals surface area contributed by atoms with Gasteiger partial charge in [0.25, 0.3) is 5.91 Å². The van der Waals surface area contributed by atoms with Crippen LogP contribution in [0.3, 0.4) is 0 Å². The number of carbonyl (C=O) groups is 1. The predicted molar refractivity (Wildman–Crippen MR) is 89.9 cm³/mol. The van der Waals surface area contributed by atoms with Crippen LogP contribution < -0.4 is 10.6 Å². The highest BCUT2D eigenvalue weighted by Gasteiger charge is 2.17. The fourth-order valence-electron chi connectivity index (χ4n) is 2.40. The molecule has 2 aromatic rings. The summed E-state index contributed by atoms with van der Waals surface area (Å²) in [4.78, 5) is 16.1. The minimum absolute atomic E-state index is 0.0382. The van der Waals surface area contributed by atoms with Gasteiger partial charge < -0.3 is 15.4 Å². The molecule has 2 N–H and O–H groups in total. The van der Waals surface area contributed by atoms with Gasteiger partial charge in [-0.25, -0.2) is 4.98 Å². The molecule has 1 atom stereocenters. The zero-order valence-electron chi connectivity index (χ0n) is 12.8. The van der Waals surface area contributed by atoms with Gasteiger partial charge in [-0.3, -0.25) is 4.79 Å². The Hall–Kier alpha value is -2.46. The van der Waals surface area contributed by atoms with Crippen molar-refractivity contribution in [3.63, 3.8) is 0 Å². The van der Waals surface area contributed by atoms with E-state index in [0.717, 1.165) is 18.7 Å². The summed E-state index contributed by atoms with van der Waals surface area (Å²) in [7, 11) is 0. The normalized spacial score (nSPS) is 17.1. The first-order valence-electron chi connectivity index (χ1n) is 7.46. The summed E-state index contributed by atoms with van der Waals surface area (Å²) < 4.78 is 5.69. The number of halogens is 1. The quantitative estimate of drug-likeness (QED) is 0.895. The number of nitriles is 1. The number of anilines is 1. The van der Waals surface area contributed by atoms with Gasteiger partial charge in [-0.2, -0.15) is 5.26 Å². The van der Waals surface area contributed by atoms with Crippen molar-refractivity contribution in [2.45, 2.75) is 6.10 Å². The highest BCUT2D eigenvalue weighted by atomic mass is 35.5. The molecule has 24 heavy (non-hydrogen) atoms. The van der Waals surface area contributed by atoms with Crippen molar-refractivity contribution in [1.29, 1.82) is 5.26 Å². The summed E-state index contributed by atoms with van der Waals surface area (Å²) in [5.74, 6) is -0.336. The molecular formula is C17H15ClN4O2. The summed E-state index contributed by atoms with van der Waals surface area (Å²) in [6, 6.07) is 10.4. The topological polar surface area (TPSA) is 87.0 Å². The van der Waals surface area contributed by atoms with Gasteiger partial charge in [-0.1, -0.05) is 17.7 Å². The summed E-state index contributed by atoms with van der Waals surface area (Å²) in [6.45, 7) is 2.24. The van der Waals surface area contributed by atoms with E-state index in [1.807, 2.05) is 12.1 Å².